The van der Waals surface area contributed by atoms with Crippen molar-refractivity contribution < 1.29 is 24.5 Å². The predicted octanol–water partition coefficient (Wildman–Crippen LogP) is 3.47. The summed E-state index contributed by atoms with van der Waals surface area (Å²) in [7, 11) is 0. The molecule has 0 heterocycles. The summed E-state index contributed by atoms with van der Waals surface area (Å²) in [6.45, 7) is 0.357. The quantitative estimate of drug-likeness (QED) is 0.480. The van der Waals surface area contributed by atoms with Gasteiger partial charge in [-0.25, -0.2) is 4.79 Å². The highest BCUT2D eigenvalue weighted by atomic mass is 35.5. The second-order valence-electron chi connectivity index (χ2n) is 4.64. The number of aliphatic carboxylic acids is 1. The van der Waals surface area contributed by atoms with E-state index in [2.05, 4.69) is 0 Å². The number of halogens is 1. The van der Waals surface area contributed by atoms with Gasteiger partial charge in [0.1, 0.15) is 18.1 Å². The molecule has 5 nitrogen and oxygen atoms in total. The summed E-state index contributed by atoms with van der Waals surface area (Å²) in [5.41, 5.74) is 1.27. The molecular formula is C17H13ClO5. The van der Waals surface area contributed by atoms with Crippen molar-refractivity contribution in [2.45, 2.75) is 6.61 Å². The SMILES string of the molecule is O=C(O)C(=O)C=C(O)c1ccc(OCc2ccc(Cl)cc2)cc1. The average Bonchev–Trinajstić information content (AvgIpc) is 2.54. The van der Waals surface area contributed by atoms with Crippen LogP contribution in [0, 0.1) is 0 Å². The zero-order valence-electron chi connectivity index (χ0n) is 11.9. The number of carboxylic acids is 1. The normalized spacial score (nSPS) is 11.1. The van der Waals surface area contributed by atoms with Gasteiger partial charge in [-0.1, -0.05) is 23.7 Å². The van der Waals surface area contributed by atoms with Gasteiger partial charge in [-0.05, 0) is 42.0 Å². The summed E-state index contributed by atoms with van der Waals surface area (Å²) in [6.07, 6.45) is 0.659. The zero-order valence-corrected chi connectivity index (χ0v) is 12.7. The lowest BCUT2D eigenvalue weighted by molar-refractivity contribution is -0.146. The highest BCUT2D eigenvalue weighted by Gasteiger charge is 2.10. The number of carbonyl (C=O) groups is 2. The number of ether oxygens (including phenoxy) is 1. The molecule has 0 radical (unpaired) electrons. The maximum atomic E-state index is 11.0. The van der Waals surface area contributed by atoms with E-state index in [1.807, 2.05) is 12.1 Å². The van der Waals surface area contributed by atoms with Gasteiger partial charge in [0.15, 0.2) is 0 Å². The second kappa shape index (κ2) is 7.47. The van der Waals surface area contributed by atoms with Crippen LogP contribution < -0.4 is 4.74 Å². The standard InChI is InChI=1S/C17H13ClO5/c18-13-5-1-11(2-6-13)10-23-14-7-3-12(4-8-14)15(19)9-16(20)17(21)22/h1-9,19H,10H2,(H,21,22). The first-order chi connectivity index (χ1) is 11.0. The molecule has 0 aliphatic heterocycles. The predicted molar refractivity (Wildman–Crippen MR) is 85.5 cm³/mol. The molecule has 6 heteroatoms. The van der Waals surface area contributed by atoms with Gasteiger partial charge in [-0.15, -0.1) is 0 Å². The summed E-state index contributed by atoms with van der Waals surface area (Å²) in [5.74, 6) is -2.66. The van der Waals surface area contributed by atoms with Crippen LogP contribution in [0.4, 0.5) is 0 Å². The molecule has 0 saturated carbocycles. The van der Waals surface area contributed by atoms with Gasteiger partial charge in [-0.2, -0.15) is 0 Å². The first-order valence-electron chi connectivity index (χ1n) is 6.61. The molecule has 0 fully saturated rings. The van der Waals surface area contributed by atoms with E-state index in [0.717, 1.165) is 5.56 Å². The third-order valence-corrected chi connectivity index (χ3v) is 3.20. The van der Waals surface area contributed by atoms with Crippen molar-refractivity contribution in [3.8, 4) is 5.75 Å². The molecule has 0 bridgehead atoms. The molecule has 0 aromatic heterocycles. The smallest absolute Gasteiger partial charge is 0.376 e. The number of ketones is 1. The van der Waals surface area contributed by atoms with E-state index in [1.165, 1.54) is 12.1 Å². The third-order valence-electron chi connectivity index (χ3n) is 2.95. The molecule has 2 aromatic carbocycles. The van der Waals surface area contributed by atoms with Crippen LogP contribution in [0.15, 0.2) is 54.6 Å². The molecule has 2 rings (SSSR count). The molecule has 23 heavy (non-hydrogen) atoms. The fourth-order valence-electron chi connectivity index (χ4n) is 1.74. The second-order valence-corrected chi connectivity index (χ2v) is 5.07. The lowest BCUT2D eigenvalue weighted by Crippen LogP contribution is -2.09. The molecule has 0 unspecified atom stereocenters. The fraction of sp³-hybridized carbons (Fsp3) is 0.0588. The van der Waals surface area contributed by atoms with E-state index in [4.69, 9.17) is 21.4 Å². The summed E-state index contributed by atoms with van der Waals surface area (Å²) < 4.78 is 5.58. The molecular weight excluding hydrogens is 320 g/mol. The Morgan fingerprint density at radius 2 is 1.61 bits per heavy atom. The van der Waals surface area contributed by atoms with Gasteiger partial charge >= 0.3 is 5.97 Å². The monoisotopic (exact) mass is 332 g/mol. The van der Waals surface area contributed by atoms with Crippen molar-refractivity contribution in [3.63, 3.8) is 0 Å². The Morgan fingerprint density at radius 3 is 2.17 bits per heavy atom. The Labute approximate surface area is 137 Å². The van der Waals surface area contributed by atoms with E-state index >= 15 is 0 Å². The van der Waals surface area contributed by atoms with Crippen molar-refractivity contribution in [1.82, 2.24) is 0 Å². The van der Waals surface area contributed by atoms with Gasteiger partial charge in [0, 0.05) is 16.7 Å². The van der Waals surface area contributed by atoms with Gasteiger partial charge in [-0.3, -0.25) is 4.79 Å². The minimum Gasteiger partial charge on any atom is -0.507 e. The Kier molecular flexibility index (Phi) is 5.38. The average molecular weight is 333 g/mol. The van der Waals surface area contributed by atoms with E-state index in [1.54, 1.807) is 24.3 Å². The highest BCUT2D eigenvalue weighted by molar-refractivity contribution is 6.38. The van der Waals surface area contributed by atoms with E-state index in [-0.39, 0.29) is 0 Å². The summed E-state index contributed by atoms with van der Waals surface area (Å²) in [6, 6.07) is 13.5. The number of hydrogen-bond donors (Lipinski definition) is 2. The van der Waals surface area contributed by atoms with E-state index in [9.17, 15) is 14.7 Å². The summed E-state index contributed by atoms with van der Waals surface area (Å²) in [4.78, 5) is 21.4. The van der Waals surface area contributed by atoms with Gasteiger partial charge in [0.05, 0.1) is 0 Å². The molecule has 0 spiro atoms. The molecule has 0 amide bonds. The number of carboxylic acid groups (broad SMARTS) is 1. The number of carbonyl (C=O) groups excluding carboxylic acids is 1. The highest BCUT2D eigenvalue weighted by Crippen LogP contribution is 2.19. The Bertz CT molecular complexity index is 733. The zero-order chi connectivity index (χ0) is 16.8. The molecule has 118 valence electrons. The number of aliphatic hydroxyl groups is 1. The molecule has 2 aromatic rings. The Balaban J connectivity index is 2.00. The van der Waals surface area contributed by atoms with Crippen LogP contribution in [0.1, 0.15) is 11.1 Å². The maximum absolute atomic E-state index is 11.0. The number of hydrogen-bond acceptors (Lipinski definition) is 4. The summed E-state index contributed by atoms with van der Waals surface area (Å²) in [5, 5.41) is 18.8. The van der Waals surface area contributed by atoms with Crippen LogP contribution in [0.2, 0.25) is 5.02 Å². The van der Waals surface area contributed by atoms with Gasteiger partial charge in [0.2, 0.25) is 0 Å². The topological polar surface area (TPSA) is 83.8 Å². The van der Waals surface area contributed by atoms with Crippen molar-refractivity contribution in [2.24, 2.45) is 0 Å². The lowest BCUT2D eigenvalue weighted by atomic mass is 10.1. The molecule has 0 aliphatic rings. The van der Waals surface area contributed by atoms with Crippen LogP contribution in [0.5, 0.6) is 5.75 Å². The van der Waals surface area contributed by atoms with Crippen molar-refractivity contribution >= 4 is 29.1 Å². The Hall–Kier alpha value is -2.79. The Morgan fingerprint density at radius 1 is 1.00 bits per heavy atom. The maximum Gasteiger partial charge on any atom is 0.376 e. The largest absolute Gasteiger partial charge is 0.507 e. The van der Waals surface area contributed by atoms with Gasteiger partial charge in [0.25, 0.3) is 5.78 Å². The number of rotatable bonds is 6. The lowest BCUT2D eigenvalue weighted by Gasteiger charge is -2.07. The van der Waals surface area contributed by atoms with E-state index in [0.29, 0.717) is 29.0 Å². The van der Waals surface area contributed by atoms with Gasteiger partial charge < -0.3 is 14.9 Å². The third kappa shape index (κ3) is 4.86. The van der Waals surface area contributed by atoms with Crippen LogP contribution in [-0.4, -0.2) is 22.0 Å². The van der Waals surface area contributed by atoms with Crippen LogP contribution in [-0.2, 0) is 16.2 Å². The number of benzene rings is 2. The minimum atomic E-state index is -1.63. The van der Waals surface area contributed by atoms with Crippen molar-refractivity contribution in [2.75, 3.05) is 0 Å². The molecule has 0 saturated heterocycles. The fourth-order valence-corrected chi connectivity index (χ4v) is 1.86. The first kappa shape index (κ1) is 16.6. The number of aliphatic hydroxyl groups excluding tert-OH is 1. The van der Waals surface area contributed by atoms with E-state index < -0.39 is 17.5 Å². The first-order valence-corrected chi connectivity index (χ1v) is 6.99. The molecule has 2 N–H and O–H groups in total. The van der Waals surface area contributed by atoms with Crippen molar-refractivity contribution in [1.29, 1.82) is 0 Å². The van der Waals surface area contributed by atoms with Crippen LogP contribution >= 0.6 is 11.6 Å². The molecule has 0 aliphatic carbocycles. The summed E-state index contributed by atoms with van der Waals surface area (Å²) >= 11 is 5.80. The van der Waals surface area contributed by atoms with Crippen LogP contribution in [0.25, 0.3) is 5.76 Å². The van der Waals surface area contributed by atoms with Crippen LogP contribution in [0.3, 0.4) is 0 Å². The van der Waals surface area contributed by atoms with Crippen molar-refractivity contribution in [3.05, 3.63) is 70.8 Å². The molecule has 0 atom stereocenters. The minimum absolute atomic E-state index is 0.318.